The first kappa shape index (κ1) is 25.0. The van der Waals surface area contributed by atoms with E-state index in [4.69, 9.17) is 5.73 Å². The molecule has 0 heterocycles. The predicted molar refractivity (Wildman–Crippen MR) is 65.5 cm³/mol. The summed E-state index contributed by atoms with van der Waals surface area (Å²) in [5.74, 6) is -25.1. The molecule has 0 aliphatic carbocycles. The van der Waals surface area contributed by atoms with Gasteiger partial charge in [0.05, 0.1) is 5.56 Å². The Bertz CT molecular complexity index is 714. The summed E-state index contributed by atoms with van der Waals surface area (Å²) in [7, 11) is 0. The molecule has 0 fully saturated rings. The Kier molecular flexibility index (Phi) is 5.82. The van der Waals surface area contributed by atoms with Gasteiger partial charge < -0.3 is 5.73 Å². The van der Waals surface area contributed by atoms with E-state index in [-0.39, 0.29) is 12.1 Å². The summed E-state index contributed by atoms with van der Waals surface area (Å²) in [4.78, 5) is 0. The van der Waals surface area contributed by atoms with Gasteiger partial charge in [0.15, 0.2) is 0 Å². The summed E-state index contributed by atoms with van der Waals surface area (Å²) in [6.07, 6.45) is -20.6. The molecular weight excluding hydrogens is 455 g/mol. The largest absolute Gasteiger partial charge is 0.458 e. The molecule has 0 aliphatic heterocycles. The third kappa shape index (κ3) is 4.15. The van der Waals surface area contributed by atoms with Crippen LogP contribution in [0.4, 0.5) is 71.5 Å². The minimum Gasteiger partial charge on any atom is -0.398 e. The molecule has 1 nitrogen and oxygen atoms in total. The van der Waals surface area contributed by atoms with Gasteiger partial charge in [0.1, 0.15) is 5.92 Å². The van der Waals surface area contributed by atoms with Crippen LogP contribution in [0.5, 0.6) is 0 Å². The predicted octanol–water partition coefficient (Wildman–Crippen LogP) is 6.40. The number of hydrogen-bond donors (Lipinski definition) is 1. The minimum absolute atomic E-state index is 0.226. The van der Waals surface area contributed by atoms with E-state index >= 15 is 0 Å². The van der Waals surface area contributed by atoms with Gasteiger partial charge in [-0.15, -0.1) is 0 Å². The van der Waals surface area contributed by atoms with E-state index in [0.717, 1.165) is 0 Å². The lowest BCUT2D eigenvalue weighted by atomic mass is 9.84. The van der Waals surface area contributed by atoms with E-state index < -0.39 is 65.1 Å². The molecule has 0 unspecified atom stereocenters. The molecule has 0 aromatic heterocycles. The van der Waals surface area contributed by atoms with E-state index in [0.29, 0.717) is 0 Å². The molecule has 168 valence electrons. The van der Waals surface area contributed by atoms with E-state index in [9.17, 15) is 65.9 Å². The number of anilines is 1. The molecule has 0 spiro atoms. The van der Waals surface area contributed by atoms with Crippen molar-refractivity contribution < 1.29 is 65.9 Å². The molecule has 0 bridgehead atoms. The zero-order valence-electron chi connectivity index (χ0n) is 13.1. The third-order valence-corrected chi connectivity index (χ3v) is 3.59. The van der Waals surface area contributed by atoms with Crippen LogP contribution in [-0.2, 0) is 5.92 Å². The monoisotopic (exact) mass is 461 g/mol. The SMILES string of the molecule is Nc1ccc(C(C(F)(F)C(F)(F)F)C(F)(F)C(F)(F)F)cc1C(F)(F)C(F)(F)F. The molecule has 1 aromatic rings. The summed E-state index contributed by atoms with van der Waals surface area (Å²) < 4.78 is 193. The normalized spacial score (nSPS) is 15.2. The average Bonchev–Trinajstić information content (AvgIpc) is 2.44. The molecule has 0 aliphatic rings. The molecular formula is C13H6F15N. The lowest BCUT2D eigenvalue weighted by Crippen LogP contribution is -2.54. The second-order valence-electron chi connectivity index (χ2n) is 5.59. The number of nitrogen functional groups attached to an aromatic ring is 1. The van der Waals surface area contributed by atoms with Crippen molar-refractivity contribution >= 4 is 5.69 Å². The van der Waals surface area contributed by atoms with Crippen molar-refractivity contribution in [3.05, 3.63) is 29.3 Å². The summed E-state index contributed by atoms with van der Waals surface area (Å²) in [5.41, 5.74) is -1.93. The third-order valence-electron chi connectivity index (χ3n) is 3.59. The van der Waals surface area contributed by atoms with E-state index in [2.05, 4.69) is 0 Å². The summed E-state index contributed by atoms with van der Waals surface area (Å²) in [5, 5.41) is 0. The van der Waals surface area contributed by atoms with Crippen molar-refractivity contribution in [1.29, 1.82) is 0 Å². The maximum Gasteiger partial charge on any atom is 0.458 e. The number of halogens is 15. The second kappa shape index (κ2) is 6.75. The van der Waals surface area contributed by atoms with Gasteiger partial charge in [-0.05, 0) is 17.7 Å². The smallest absolute Gasteiger partial charge is 0.398 e. The van der Waals surface area contributed by atoms with E-state index in [1.54, 1.807) is 0 Å². The van der Waals surface area contributed by atoms with Crippen LogP contribution in [-0.4, -0.2) is 30.4 Å². The van der Waals surface area contributed by atoms with Crippen molar-refractivity contribution in [3.63, 3.8) is 0 Å². The maximum absolute atomic E-state index is 13.5. The van der Waals surface area contributed by atoms with E-state index in [1.165, 1.54) is 0 Å². The molecule has 0 atom stereocenters. The fourth-order valence-corrected chi connectivity index (χ4v) is 2.15. The molecule has 1 rings (SSSR count). The molecule has 0 saturated carbocycles. The summed E-state index contributed by atoms with van der Waals surface area (Å²) in [6, 6.07) is -1.59. The Morgan fingerprint density at radius 1 is 0.586 bits per heavy atom. The van der Waals surface area contributed by atoms with Crippen LogP contribution in [0.1, 0.15) is 17.0 Å². The highest BCUT2D eigenvalue weighted by Gasteiger charge is 2.76. The average molecular weight is 461 g/mol. The van der Waals surface area contributed by atoms with Crippen LogP contribution in [0.2, 0.25) is 0 Å². The Morgan fingerprint density at radius 2 is 0.966 bits per heavy atom. The van der Waals surface area contributed by atoms with Gasteiger partial charge >= 0.3 is 36.3 Å². The van der Waals surface area contributed by atoms with Crippen LogP contribution in [0.25, 0.3) is 0 Å². The Balaban J connectivity index is 3.89. The first-order valence-electron chi connectivity index (χ1n) is 6.73. The molecule has 0 radical (unpaired) electrons. The zero-order valence-corrected chi connectivity index (χ0v) is 13.1. The fourth-order valence-electron chi connectivity index (χ4n) is 2.15. The lowest BCUT2D eigenvalue weighted by Gasteiger charge is -2.35. The highest BCUT2D eigenvalue weighted by molar-refractivity contribution is 5.52. The van der Waals surface area contributed by atoms with Gasteiger partial charge in [-0.3, -0.25) is 0 Å². The van der Waals surface area contributed by atoms with Gasteiger partial charge in [-0.2, -0.15) is 65.9 Å². The second-order valence-corrected chi connectivity index (χ2v) is 5.59. The first-order chi connectivity index (χ1) is 12.5. The van der Waals surface area contributed by atoms with Crippen LogP contribution in [0.15, 0.2) is 18.2 Å². The number of nitrogens with two attached hydrogens (primary N) is 1. The van der Waals surface area contributed by atoms with Crippen molar-refractivity contribution in [1.82, 2.24) is 0 Å². The molecule has 0 amide bonds. The molecule has 2 N–H and O–H groups in total. The quantitative estimate of drug-likeness (QED) is 0.408. The number of benzene rings is 1. The standard InChI is InChI=1S/C13H6F15N/c14-8(15,11(20,21)22)5-3-4(1-2-6(5)29)7(9(16,17)12(23,24)25)10(18,19)13(26,27)28/h1-3,7H,29H2. The fraction of sp³-hybridized carbons (Fsp3) is 0.538. The molecule has 0 saturated heterocycles. The molecule has 29 heavy (non-hydrogen) atoms. The first-order valence-corrected chi connectivity index (χ1v) is 6.73. The lowest BCUT2D eigenvalue weighted by molar-refractivity contribution is -0.354. The van der Waals surface area contributed by atoms with E-state index in [1.807, 2.05) is 0 Å². The van der Waals surface area contributed by atoms with Gasteiger partial charge in [-0.1, -0.05) is 6.07 Å². The number of alkyl halides is 15. The van der Waals surface area contributed by atoms with Crippen molar-refractivity contribution in [2.24, 2.45) is 0 Å². The Hall–Kier alpha value is -2.03. The van der Waals surface area contributed by atoms with Gasteiger partial charge in [-0.25, -0.2) is 0 Å². The minimum atomic E-state index is -7.06. The van der Waals surface area contributed by atoms with Crippen molar-refractivity contribution in [2.45, 2.75) is 42.2 Å². The summed E-state index contributed by atoms with van der Waals surface area (Å²) >= 11 is 0. The van der Waals surface area contributed by atoms with Crippen LogP contribution in [0, 0.1) is 0 Å². The van der Waals surface area contributed by atoms with Crippen LogP contribution < -0.4 is 5.73 Å². The number of rotatable bonds is 4. The molecule has 1 aromatic carbocycles. The zero-order chi connectivity index (χ0) is 23.4. The highest BCUT2D eigenvalue weighted by atomic mass is 19.4. The van der Waals surface area contributed by atoms with Gasteiger partial charge in [0, 0.05) is 5.69 Å². The van der Waals surface area contributed by atoms with Crippen molar-refractivity contribution in [3.8, 4) is 0 Å². The van der Waals surface area contributed by atoms with Crippen LogP contribution >= 0.6 is 0 Å². The topological polar surface area (TPSA) is 26.0 Å². The Labute approximate surface area is 150 Å². The van der Waals surface area contributed by atoms with Gasteiger partial charge in [0.25, 0.3) is 0 Å². The highest BCUT2D eigenvalue weighted by Crippen LogP contribution is 2.57. The Morgan fingerprint density at radius 3 is 1.28 bits per heavy atom. The van der Waals surface area contributed by atoms with Gasteiger partial charge in [0.2, 0.25) is 0 Å². The summed E-state index contributed by atoms with van der Waals surface area (Å²) in [6.45, 7) is 0. The van der Waals surface area contributed by atoms with Crippen molar-refractivity contribution in [2.75, 3.05) is 5.73 Å². The van der Waals surface area contributed by atoms with Crippen LogP contribution in [0.3, 0.4) is 0 Å². The molecule has 16 heteroatoms. The maximum atomic E-state index is 13.5. The number of hydrogen-bond acceptors (Lipinski definition) is 1.